The van der Waals surface area contributed by atoms with Gasteiger partial charge in [-0.2, -0.15) is 0 Å². The maximum Gasteiger partial charge on any atom is 0.225 e. The monoisotopic (exact) mass is 330 g/mol. The van der Waals surface area contributed by atoms with Crippen LogP contribution in [0.15, 0.2) is 18.2 Å². The van der Waals surface area contributed by atoms with E-state index in [-0.39, 0.29) is 5.91 Å². The highest BCUT2D eigenvalue weighted by molar-refractivity contribution is 5.92. The van der Waals surface area contributed by atoms with Crippen LogP contribution in [-0.2, 0) is 4.79 Å². The Labute approximate surface area is 147 Å². The summed E-state index contributed by atoms with van der Waals surface area (Å²) in [5.74, 6) is 0.962. The van der Waals surface area contributed by atoms with E-state index in [4.69, 9.17) is 0 Å². The van der Waals surface area contributed by atoms with Gasteiger partial charge in [-0.3, -0.25) is 4.79 Å². The summed E-state index contributed by atoms with van der Waals surface area (Å²) in [5, 5.41) is 3.23. The molecule has 1 amide bonds. The Hall–Kier alpha value is -1.35. The van der Waals surface area contributed by atoms with E-state index in [1.807, 2.05) is 0 Å². The smallest absolute Gasteiger partial charge is 0.225 e. The quantitative estimate of drug-likeness (QED) is 0.783. The fourth-order valence-electron chi connectivity index (χ4n) is 3.52. The van der Waals surface area contributed by atoms with Gasteiger partial charge in [-0.1, -0.05) is 58.7 Å². The standard InChI is InChI=1S/C21H34N2O/c1-16(2)18-10-9-11-19(17(3)4)21(18)22-20(24)12-15-23-13-7-5-6-8-14-23/h9-11,16-17H,5-8,12-15H2,1-4H3,(H,22,24). The number of likely N-dealkylation sites (tertiary alicyclic amines) is 1. The second-order valence-electron chi connectivity index (χ2n) is 7.67. The molecule has 1 N–H and O–H groups in total. The SMILES string of the molecule is CC(C)c1cccc(C(C)C)c1NC(=O)CCN1CCCCCC1. The maximum atomic E-state index is 12.6. The molecule has 0 atom stereocenters. The Morgan fingerprint density at radius 1 is 1.00 bits per heavy atom. The van der Waals surface area contributed by atoms with Crippen molar-refractivity contribution in [2.75, 3.05) is 25.0 Å². The highest BCUT2D eigenvalue weighted by Gasteiger charge is 2.17. The van der Waals surface area contributed by atoms with Crippen LogP contribution in [0.3, 0.4) is 0 Å². The molecule has 0 aromatic heterocycles. The first-order chi connectivity index (χ1) is 11.5. The molecule has 2 rings (SSSR count). The summed E-state index contributed by atoms with van der Waals surface area (Å²) in [6.07, 6.45) is 5.80. The minimum Gasteiger partial charge on any atom is -0.326 e. The summed E-state index contributed by atoms with van der Waals surface area (Å²) in [5.41, 5.74) is 3.53. The van der Waals surface area contributed by atoms with Crippen molar-refractivity contribution in [2.45, 2.75) is 71.6 Å². The Kier molecular flexibility index (Phi) is 7.29. The van der Waals surface area contributed by atoms with Crippen molar-refractivity contribution in [3.05, 3.63) is 29.3 Å². The molecule has 0 spiro atoms. The van der Waals surface area contributed by atoms with Gasteiger partial charge in [0, 0.05) is 18.7 Å². The molecule has 24 heavy (non-hydrogen) atoms. The number of amides is 1. The first-order valence-corrected chi connectivity index (χ1v) is 9.64. The molecule has 1 heterocycles. The van der Waals surface area contributed by atoms with Crippen molar-refractivity contribution in [2.24, 2.45) is 0 Å². The topological polar surface area (TPSA) is 32.3 Å². The lowest BCUT2D eigenvalue weighted by molar-refractivity contribution is -0.116. The summed E-state index contributed by atoms with van der Waals surface area (Å²) in [4.78, 5) is 15.0. The number of para-hydroxylation sites is 1. The van der Waals surface area contributed by atoms with Crippen molar-refractivity contribution in [3.8, 4) is 0 Å². The first-order valence-electron chi connectivity index (χ1n) is 9.64. The molecule has 1 aromatic carbocycles. The van der Waals surface area contributed by atoms with E-state index < -0.39 is 0 Å². The minimum absolute atomic E-state index is 0.147. The average Bonchev–Trinajstić information content (AvgIpc) is 2.81. The third-order valence-electron chi connectivity index (χ3n) is 4.99. The normalized spacial score (nSPS) is 16.4. The number of nitrogens with one attached hydrogen (secondary N) is 1. The molecule has 3 heteroatoms. The van der Waals surface area contributed by atoms with Gasteiger partial charge >= 0.3 is 0 Å². The number of anilines is 1. The number of nitrogens with zero attached hydrogens (tertiary/aromatic N) is 1. The van der Waals surface area contributed by atoms with E-state index in [1.54, 1.807) is 0 Å². The molecule has 134 valence electrons. The fraction of sp³-hybridized carbons (Fsp3) is 0.667. The van der Waals surface area contributed by atoms with Crippen LogP contribution in [0.1, 0.15) is 82.8 Å². The second kappa shape index (κ2) is 9.22. The number of rotatable bonds is 6. The molecule has 1 fully saturated rings. The lowest BCUT2D eigenvalue weighted by Crippen LogP contribution is -2.29. The summed E-state index contributed by atoms with van der Waals surface area (Å²) >= 11 is 0. The highest BCUT2D eigenvalue weighted by atomic mass is 16.1. The van der Waals surface area contributed by atoms with Gasteiger partial charge in [0.25, 0.3) is 0 Å². The third-order valence-corrected chi connectivity index (χ3v) is 4.99. The molecule has 0 radical (unpaired) electrons. The van der Waals surface area contributed by atoms with Gasteiger partial charge in [0.15, 0.2) is 0 Å². The van der Waals surface area contributed by atoms with E-state index in [0.717, 1.165) is 25.3 Å². The maximum absolute atomic E-state index is 12.6. The van der Waals surface area contributed by atoms with Crippen LogP contribution in [0.5, 0.6) is 0 Å². The van der Waals surface area contributed by atoms with Crippen molar-refractivity contribution in [3.63, 3.8) is 0 Å². The summed E-state index contributed by atoms with van der Waals surface area (Å²) in [6, 6.07) is 6.39. The zero-order valence-electron chi connectivity index (χ0n) is 15.9. The van der Waals surface area contributed by atoms with Crippen LogP contribution < -0.4 is 5.32 Å². The van der Waals surface area contributed by atoms with E-state index in [1.165, 1.54) is 36.8 Å². The van der Waals surface area contributed by atoms with Crippen molar-refractivity contribution in [1.29, 1.82) is 0 Å². The molecule has 1 aromatic rings. The Morgan fingerprint density at radius 3 is 2.04 bits per heavy atom. The van der Waals surface area contributed by atoms with E-state index in [9.17, 15) is 4.79 Å². The van der Waals surface area contributed by atoms with Gasteiger partial charge < -0.3 is 10.2 Å². The van der Waals surface area contributed by atoms with E-state index in [0.29, 0.717) is 18.3 Å². The van der Waals surface area contributed by atoms with Gasteiger partial charge in [-0.25, -0.2) is 0 Å². The molecule has 1 saturated heterocycles. The fourth-order valence-corrected chi connectivity index (χ4v) is 3.52. The zero-order chi connectivity index (χ0) is 17.5. The predicted octanol–water partition coefficient (Wildman–Crippen LogP) is 5.14. The number of hydrogen-bond donors (Lipinski definition) is 1. The van der Waals surface area contributed by atoms with Crippen LogP contribution in [0, 0.1) is 0 Å². The van der Waals surface area contributed by atoms with Crippen LogP contribution in [0.2, 0.25) is 0 Å². The third kappa shape index (κ3) is 5.34. The second-order valence-corrected chi connectivity index (χ2v) is 7.67. The van der Waals surface area contributed by atoms with Gasteiger partial charge in [0.1, 0.15) is 0 Å². The molecule has 0 aliphatic carbocycles. The van der Waals surface area contributed by atoms with Crippen molar-refractivity contribution < 1.29 is 4.79 Å². The Morgan fingerprint density at radius 2 is 1.54 bits per heavy atom. The zero-order valence-corrected chi connectivity index (χ0v) is 15.9. The molecule has 0 saturated carbocycles. The highest BCUT2D eigenvalue weighted by Crippen LogP contribution is 2.32. The Balaban J connectivity index is 2.02. The summed E-state index contributed by atoms with van der Waals surface area (Å²) < 4.78 is 0. The summed E-state index contributed by atoms with van der Waals surface area (Å²) in [7, 11) is 0. The molecular formula is C21H34N2O. The number of carbonyl (C=O) groups is 1. The Bertz CT molecular complexity index is 502. The lowest BCUT2D eigenvalue weighted by Gasteiger charge is -2.22. The van der Waals surface area contributed by atoms with Crippen molar-refractivity contribution >= 4 is 11.6 Å². The average molecular weight is 331 g/mol. The number of benzene rings is 1. The van der Waals surface area contributed by atoms with E-state index in [2.05, 4.69) is 56.1 Å². The van der Waals surface area contributed by atoms with Gasteiger partial charge in [0.05, 0.1) is 0 Å². The number of carbonyl (C=O) groups excluding carboxylic acids is 1. The predicted molar refractivity (Wildman–Crippen MR) is 103 cm³/mol. The molecule has 1 aliphatic rings. The minimum atomic E-state index is 0.147. The van der Waals surface area contributed by atoms with Crippen molar-refractivity contribution in [1.82, 2.24) is 4.90 Å². The largest absolute Gasteiger partial charge is 0.326 e. The molecular weight excluding hydrogens is 296 g/mol. The molecule has 1 aliphatic heterocycles. The van der Waals surface area contributed by atoms with Crippen LogP contribution in [-0.4, -0.2) is 30.4 Å². The first kappa shape index (κ1) is 19.0. The molecule has 3 nitrogen and oxygen atoms in total. The lowest BCUT2D eigenvalue weighted by atomic mass is 9.92. The van der Waals surface area contributed by atoms with Gasteiger partial charge in [0.2, 0.25) is 5.91 Å². The van der Waals surface area contributed by atoms with Crippen LogP contribution in [0.4, 0.5) is 5.69 Å². The number of hydrogen-bond acceptors (Lipinski definition) is 2. The van der Waals surface area contributed by atoms with Crippen LogP contribution >= 0.6 is 0 Å². The van der Waals surface area contributed by atoms with E-state index >= 15 is 0 Å². The van der Waals surface area contributed by atoms with Crippen LogP contribution in [0.25, 0.3) is 0 Å². The van der Waals surface area contributed by atoms with Gasteiger partial charge in [-0.15, -0.1) is 0 Å². The molecule has 0 unspecified atom stereocenters. The summed E-state index contributed by atoms with van der Waals surface area (Å²) in [6.45, 7) is 11.9. The molecule has 0 bridgehead atoms. The van der Waals surface area contributed by atoms with Gasteiger partial charge in [-0.05, 0) is 48.9 Å².